The van der Waals surface area contributed by atoms with Crippen LogP contribution in [-0.4, -0.2) is 43.1 Å². The molecular formula is C18H29N3O2. The zero-order valence-electron chi connectivity index (χ0n) is 14.5. The van der Waals surface area contributed by atoms with Crippen molar-refractivity contribution in [1.29, 1.82) is 0 Å². The highest BCUT2D eigenvalue weighted by molar-refractivity contribution is 5.95. The van der Waals surface area contributed by atoms with E-state index >= 15 is 0 Å². The number of hydrogen-bond donors (Lipinski definition) is 2. The predicted molar refractivity (Wildman–Crippen MR) is 93.8 cm³/mol. The fourth-order valence-electron chi connectivity index (χ4n) is 2.71. The smallest absolute Gasteiger partial charge is 0.241 e. The Morgan fingerprint density at radius 2 is 2.04 bits per heavy atom. The molecule has 0 radical (unpaired) electrons. The normalized spacial score (nSPS) is 16.6. The molecule has 1 heterocycles. The Balaban J connectivity index is 1.85. The number of nitrogens with two attached hydrogens (primary N) is 1. The lowest BCUT2D eigenvalue weighted by atomic mass is 10.0. The highest BCUT2D eigenvalue weighted by atomic mass is 16.5. The molecule has 1 aliphatic rings. The molecule has 1 aromatic rings. The first-order valence-electron chi connectivity index (χ1n) is 8.49. The fraction of sp³-hybridized carbons (Fsp3) is 0.611. The molecule has 23 heavy (non-hydrogen) atoms. The summed E-state index contributed by atoms with van der Waals surface area (Å²) in [5, 5.41) is 2.86. The zero-order valence-corrected chi connectivity index (χ0v) is 14.5. The maximum absolute atomic E-state index is 12.0. The Hall–Kier alpha value is -1.59. The number of nitrogens with one attached hydrogen (secondary N) is 1. The maximum Gasteiger partial charge on any atom is 0.241 e. The molecule has 0 spiro atoms. The number of ether oxygens (including phenoxy) is 1. The van der Waals surface area contributed by atoms with Crippen LogP contribution >= 0.6 is 0 Å². The molecule has 1 saturated heterocycles. The SMILES string of the molecule is Cc1cc(NC(=O)[C@@H](N)C(C)C)ccc1OCCN1CCCC1. The first-order valence-corrected chi connectivity index (χ1v) is 8.49. The first kappa shape index (κ1) is 17.8. The van der Waals surface area contributed by atoms with Gasteiger partial charge in [-0.25, -0.2) is 0 Å². The Bertz CT molecular complexity index is 525. The number of amides is 1. The van der Waals surface area contributed by atoms with Crippen LogP contribution in [0, 0.1) is 12.8 Å². The van der Waals surface area contributed by atoms with Crippen molar-refractivity contribution in [3.8, 4) is 5.75 Å². The summed E-state index contributed by atoms with van der Waals surface area (Å²) in [6, 6.07) is 5.21. The molecule has 3 N–H and O–H groups in total. The second-order valence-corrected chi connectivity index (χ2v) is 6.64. The van der Waals surface area contributed by atoms with Crippen molar-refractivity contribution in [3.63, 3.8) is 0 Å². The van der Waals surface area contributed by atoms with E-state index in [9.17, 15) is 4.79 Å². The van der Waals surface area contributed by atoms with Gasteiger partial charge in [0.05, 0.1) is 6.04 Å². The fourth-order valence-corrected chi connectivity index (χ4v) is 2.71. The van der Waals surface area contributed by atoms with Crippen LogP contribution in [0.3, 0.4) is 0 Å². The van der Waals surface area contributed by atoms with Crippen molar-refractivity contribution in [2.24, 2.45) is 11.7 Å². The van der Waals surface area contributed by atoms with Crippen LogP contribution in [0.5, 0.6) is 5.75 Å². The molecule has 0 saturated carbocycles. The number of hydrogen-bond acceptors (Lipinski definition) is 4. The van der Waals surface area contributed by atoms with Crippen molar-refractivity contribution >= 4 is 11.6 Å². The Morgan fingerprint density at radius 3 is 2.65 bits per heavy atom. The van der Waals surface area contributed by atoms with Gasteiger partial charge in [-0.1, -0.05) is 13.8 Å². The van der Waals surface area contributed by atoms with E-state index in [1.807, 2.05) is 39.0 Å². The summed E-state index contributed by atoms with van der Waals surface area (Å²) in [6.45, 7) is 9.90. The summed E-state index contributed by atoms with van der Waals surface area (Å²) in [4.78, 5) is 14.4. The quantitative estimate of drug-likeness (QED) is 0.810. The number of likely N-dealkylation sites (tertiary alicyclic amines) is 1. The third-order valence-corrected chi connectivity index (χ3v) is 4.33. The lowest BCUT2D eigenvalue weighted by Gasteiger charge is -2.17. The third-order valence-electron chi connectivity index (χ3n) is 4.33. The third kappa shape index (κ3) is 5.22. The second-order valence-electron chi connectivity index (χ2n) is 6.64. The molecule has 0 bridgehead atoms. The number of anilines is 1. The minimum Gasteiger partial charge on any atom is -0.492 e. The minimum atomic E-state index is -0.494. The number of rotatable bonds is 7. The van der Waals surface area contributed by atoms with Crippen LogP contribution in [0.2, 0.25) is 0 Å². The average molecular weight is 319 g/mol. The number of benzene rings is 1. The molecule has 0 unspecified atom stereocenters. The molecule has 1 aliphatic heterocycles. The zero-order chi connectivity index (χ0) is 16.8. The topological polar surface area (TPSA) is 67.6 Å². The number of nitrogens with zero attached hydrogens (tertiary/aromatic N) is 1. The van der Waals surface area contributed by atoms with Crippen molar-refractivity contribution < 1.29 is 9.53 Å². The molecule has 1 fully saturated rings. The van der Waals surface area contributed by atoms with E-state index in [0.29, 0.717) is 6.61 Å². The van der Waals surface area contributed by atoms with Gasteiger partial charge in [-0.15, -0.1) is 0 Å². The molecule has 1 amide bonds. The average Bonchev–Trinajstić information content (AvgIpc) is 3.01. The van der Waals surface area contributed by atoms with Gasteiger partial charge in [0.2, 0.25) is 5.91 Å². The lowest BCUT2D eigenvalue weighted by Crippen LogP contribution is -2.39. The van der Waals surface area contributed by atoms with Gasteiger partial charge in [-0.05, 0) is 62.5 Å². The second kappa shape index (κ2) is 8.31. The predicted octanol–water partition coefficient (Wildman–Crippen LogP) is 2.39. The Morgan fingerprint density at radius 1 is 1.35 bits per heavy atom. The van der Waals surface area contributed by atoms with Gasteiger partial charge in [0.1, 0.15) is 12.4 Å². The van der Waals surface area contributed by atoms with E-state index in [0.717, 1.165) is 23.5 Å². The van der Waals surface area contributed by atoms with Crippen molar-refractivity contribution in [1.82, 2.24) is 4.90 Å². The van der Waals surface area contributed by atoms with Crippen molar-refractivity contribution in [2.75, 3.05) is 31.6 Å². The van der Waals surface area contributed by atoms with Gasteiger partial charge in [-0.3, -0.25) is 9.69 Å². The van der Waals surface area contributed by atoms with Gasteiger partial charge in [0.15, 0.2) is 0 Å². The van der Waals surface area contributed by atoms with Crippen LogP contribution in [0.1, 0.15) is 32.3 Å². The molecular weight excluding hydrogens is 290 g/mol. The van der Waals surface area contributed by atoms with E-state index in [1.54, 1.807) is 0 Å². The molecule has 0 aliphatic carbocycles. The van der Waals surface area contributed by atoms with E-state index < -0.39 is 6.04 Å². The number of aryl methyl sites for hydroxylation is 1. The molecule has 0 aromatic heterocycles. The summed E-state index contributed by atoms with van der Waals surface area (Å²) in [5.74, 6) is 0.835. The summed E-state index contributed by atoms with van der Waals surface area (Å²) >= 11 is 0. The van der Waals surface area contributed by atoms with Crippen molar-refractivity contribution in [2.45, 2.75) is 39.7 Å². The van der Waals surface area contributed by atoms with Gasteiger partial charge in [0.25, 0.3) is 0 Å². The standard InChI is InChI=1S/C18H29N3O2/c1-13(2)17(19)18(22)20-15-6-7-16(14(3)12-15)23-11-10-21-8-4-5-9-21/h6-7,12-13,17H,4-5,8-11,19H2,1-3H3,(H,20,22)/t17-/m0/s1. The van der Waals surface area contributed by atoms with Crippen LogP contribution in [-0.2, 0) is 4.79 Å². The molecule has 2 rings (SSSR count). The van der Waals surface area contributed by atoms with E-state index in [-0.39, 0.29) is 11.8 Å². The van der Waals surface area contributed by atoms with Crippen LogP contribution in [0.25, 0.3) is 0 Å². The van der Waals surface area contributed by atoms with Gasteiger partial charge < -0.3 is 15.8 Å². The van der Waals surface area contributed by atoms with Crippen molar-refractivity contribution in [3.05, 3.63) is 23.8 Å². The summed E-state index contributed by atoms with van der Waals surface area (Å²) in [7, 11) is 0. The Labute approximate surface area is 139 Å². The first-order chi connectivity index (χ1) is 11.0. The Kier molecular flexibility index (Phi) is 6.42. The summed E-state index contributed by atoms with van der Waals surface area (Å²) in [6.07, 6.45) is 2.60. The molecule has 5 nitrogen and oxygen atoms in total. The molecule has 5 heteroatoms. The largest absolute Gasteiger partial charge is 0.492 e. The molecule has 1 atom stereocenters. The van der Waals surface area contributed by atoms with Crippen LogP contribution in [0.4, 0.5) is 5.69 Å². The maximum atomic E-state index is 12.0. The number of carbonyl (C=O) groups is 1. The lowest BCUT2D eigenvalue weighted by molar-refractivity contribution is -0.118. The van der Waals surface area contributed by atoms with Crippen LogP contribution < -0.4 is 15.8 Å². The van der Waals surface area contributed by atoms with Gasteiger partial charge >= 0.3 is 0 Å². The minimum absolute atomic E-state index is 0.115. The molecule has 128 valence electrons. The monoisotopic (exact) mass is 319 g/mol. The van der Waals surface area contributed by atoms with E-state index in [4.69, 9.17) is 10.5 Å². The summed E-state index contributed by atoms with van der Waals surface area (Å²) < 4.78 is 5.87. The highest BCUT2D eigenvalue weighted by Gasteiger charge is 2.17. The highest BCUT2D eigenvalue weighted by Crippen LogP contribution is 2.22. The van der Waals surface area contributed by atoms with E-state index in [1.165, 1.54) is 25.9 Å². The van der Waals surface area contributed by atoms with E-state index in [2.05, 4.69) is 10.2 Å². The van der Waals surface area contributed by atoms with Gasteiger partial charge in [0, 0.05) is 12.2 Å². The summed E-state index contributed by atoms with van der Waals surface area (Å²) in [5.41, 5.74) is 7.64. The van der Waals surface area contributed by atoms with Gasteiger partial charge in [-0.2, -0.15) is 0 Å². The number of carbonyl (C=O) groups excluding carboxylic acids is 1. The molecule has 1 aromatic carbocycles. The van der Waals surface area contributed by atoms with Crippen LogP contribution in [0.15, 0.2) is 18.2 Å².